The van der Waals surface area contributed by atoms with Gasteiger partial charge in [0.2, 0.25) is 5.38 Å². The molecule has 1 atom stereocenters. The molecule has 0 spiro atoms. The van der Waals surface area contributed by atoms with Crippen LogP contribution in [-0.4, -0.2) is 14.5 Å². The number of ether oxygens (including phenoxy) is 1. The van der Waals surface area contributed by atoms with Gasteiger partial charge in [0.05, 0.1) is 10.7 Å². The molecule has 5 nitrogen and oxygen atoms in total. The molecule has 0 bridgehead atoms. The number of nitrogens with one attached hydrogen (secondary N) is 2. The molecule has 108 valence electrons. The van der Waals surface area contributed by atoms with Crippen LogP contribution in [0.4, 0.5) is 0 Å². The van der Waals surface area contributed by atoms with Gasteiger partial charge in [0.1, 0.15) is 5.75 Å². The van der Waals surface area contributed by atoms with Crippen LogP contribution in [0.15, 0.2) is 35.7 Å². The highest BCUT2D eigenvalue weighted by Crippen LogP contribution is 2.40. The maximum absolute atomic E-state index is 5.87. The number of benzene rings is 1. The van der Waals surface area contributed by atoms with Gasteiger partial charge in [-0.2, -0.15) is 0 Å². The number of para-hydroxylation sites is 1. The largest absolute Gasteiger partial charge is 0.435 e. The Labute approximate surface area is 121 Å². The Morgan fingerprint density at radius 2 is 1.90 bits per heavy atom. The number of hydrogen-bond acceptors (Lipinski definition) is 2. The van der Waals surface area contributed by atoms with E-state index < -0.39 is 0 Å². The highest BCUT2D eigenvalue weighted by atomic mass is 32.2. The molecule has 0 amide bonds. The van der Waals surface area contributed by atoms with Crippen molar-refractivity contribution in [2.75, 3.05) is 5.84 Å². The number of rotatable bonds is 3. The lowest BCUT2D eigenvalue weighted by molar-refractivity contribution is 0.438. The van der Waals surface area contributed by atoms with Crippen molar-refractivity contribution in [2.24, 2.45) is 0 Å². The van der Waals surface area contributed by atoms with E-state index in [-0.39, 0.29) is 10.7 Å². The van der Waals surface area contributed by atoms with E-state index in [1.807, 2.05) is 30.3 Å². The van der Waals surface area contributed by atoms with E-state index in [0.29, 0.717) is 11.1 Å². The molecule has 1 heterocycles. The lowest BCUT2D eigenvalue weighted by Crippen LogP contribution is -2.18. The SMILES string of the molecule is Nn1[nH]c(Oc2ccccc2)c[s+](C2CCCCC2)[nH]1. The molecule has 2 aromatic rings. The molecule has 6 heteroatoms. The monoisotopic (exact) mass is 293 g/mol. The van der Waals surface area contributed by atoms with Gasteiger partial charge in [-0.05, 0) is 25.0 Å². The van der Waals surface area contributed by atoms with Gasteiger partial charge in [0.15, 0.2) is 5.25 Å². The molecule has 1 fully saturated rings. The van der Waals surface area contributed by atoms with Crippen LogP contribution in [0.3, 0.4) is 0 Å². The van der Waals surface area contributed by atoms with Crippen LogP contribution < -0.4 is 10.6 Å². The minimum Gasteiger partial charge on any atom is -0.435 e. The topological polar surface area (TPSA) is 71.8 Å². The summed E-state index contributed by atoms with van der Waals surface area (Å²) in [7, 11) is -0.0635. The molecule has 0 radical (unpaired) electrons. The van der Waals surface area contributed by atoms with Gasteiger partial charge >= 0.3 is 0 Å². The highest BCUT2D eigenvalue weighted by Gasteiger charge is 2.25. The summed E-state index contributed by atoms with van der Waals surface area (Å²) in [4.78, 5) is 1.41. The summed E-state index contributed by atoms with van der Waals surface area (Å²) in [5.74, 6) is 7.39. The Bertz CT molecular complexity index is 573. The van der Waals surface area contributed by atoms with Gasteiger partial charge in [-0.15, -0.1) is 0 Å². The summed E-state index contributed by atoms with van der Waals surface area (Å²) in [6.45, 7) is 0. The fourth-order valence-corrected chi connectivity index (χ4v) is 4.41. The van der Waals surface area contributed by atoms with Crippen molar-refractivity contribution in [3.8, 4) is 11.6 Å². The molecule has 1 aliphatic rings. The van der Waals surface area contributed by atoms with Crippen molar-refractivity contribution in [1.29, 1.82) is 0 Å². The fraction of sp³-hybridized carbons (Fsp3) is 0.429. The third-order valence-corrected chi connectivity index (χ3v) is 5.62. The normalized spacial score (nSPS) is 16.9. The zero-order valence-electron chi connectivity index (χ0n) is 11.4. The molecule has 0 saturated heterocycles. The molecular weight excluding hydrogens is 272 g/mol. The van der Waals surface area contributed by atoms with Crippen molar-refractivity contribution in [1.82, 2.24) is 14.5 Å². The van der Waals surface area contributed by atoms with E-state index in [4.69, 9.17) is 10.6 Å². The Hall–Kier alpha value is -1.82. The van der Waals surface area contributed by atoms with Crippen molar-refractivity contribution >= 4 is 10.7 Å². The smallest absolute Gasteiger partial charge is 0.270 e. The average molecular weight is 293 g/mol. The summed E-state index contributed by atoms with van der Waals surface area (Å²) < 4.78 is 9.12. The summed E-state index contributed by atoms with van der Waals surface area (Å²) in [5.41, 5.74) is 0. The van der Waals surface area contributed by atoms with Crippen molar-refractivity contribution in [3.63, 3.8) is 0 Å². The first-order valence-corrected chi connectivity index (χ1v) is 8.41. The van der Waals surface area contributed by atoms with E-state index in [0.717, 1.165) is 5.75 Å². The summed E-state index contributed by atoms with van der Waals surface area (Å²) >= 11 is 0. The molecule has 20 heavy (non-hydrogen) atoms. The summed E-state index contributed by atoms with van der Waals surface area (Å²) in [5, 5.41) is 5.77. The van der Waals surface area contributed by atoms with Gasteiger partial charge in [0.25, 0.3) is 5.88 Å². The number of nitrogens with two attached hydrogens (primary N) is 1. The van der Waals surface area contributed by atoms with Crippen LogP contribution in [-0.2, 0) is 0 Å². The first-order chi connectivity index (χ1) is 9.81. The van der Waals surface area contributed by atoms with Crippen LogP contribution in [0.1, 0.15) is 37.4 Å². The number of hydrogen-bond donors (Lipinski definition) is 3. The van der Waals surface area contributed by atoms with Crippen molar-refractivity contribution in [2.45, 2.75) is 37.4 Å². The van der Waals surface area contributed by atoms with E-state index in [1.54, 1.807) is 0 Å². The van der Waals surface area contributed by atoms with Gasteiger partial charge in [0, 0.05) is 12.8 Å². The fourth-order valence-electron chi connectivity index (χ4n) is 2.58. The zero-order valence-corrected chi connectivity index (χ0v) is 12.2. The second-order valence-corrected chi connectivity index (χ2v) is 6.93. The third-order valence-electron chi connectivity index (χ3n) is 3.55. The second-order valence-electron chi connectivity index (χ2n) is 5.10. The molecule has 1 aromatic heterocycles. The lowest BCUT2D eigenvalue weighted by atomic mass is 10.0. The number of H-pyrrole nitrogens is 2. The van der Waals surface area contributed by atoms with Gasteiger partial charge in [-0.25, -0.2) is 5.10 Å². The molecule has 0 aliphatic heterocycles. The molecule has 4 N–H and O–H groups in total. The molecule has 1 saturated carbocycles. The van der Waals surface area contributed by atoms with Crippen LogP contribution in [0, 0.1) is 0 Å². The molecule has 1 aromatic carbocycles. The van der Waals surface area contributed by atoms with E-state index in [9.17, 15) is 0 Å². The van der Waals surface area contributed by atoms with Crippen LogP contribution in [0.5, 0.6) is 11.6 Å². The van der Waals surface area contributed by atoms with Crippen molar-refractivity contribution < 1.29 is 4.74 Å². The number of nitrogen functional groups attached to an aromatic ring is 1. The van der Waals surface area contributed by atoms with Crippen LogP contribution >= 0.6 is 10.7 Å². The number of aromatic amines is 2. The van der Waals surface area contributed by atoms with Gasteiger partial charge in [-0.1, -0.05) is 34.0 Å². The maximum Gasteiger partial charge on any atom is 0.270 e. The molecule has 1 unspecified atom stereocenters. The zero-order chi connectivity index (χ0) is 13.8. The van der Waals surface area contributed by atoms with Gasteiger partial charge in [-0.3, -0.25) is 0 Å². The van der Waals surface area contributed by atoms with E-state index in [2.05, 4.69) is 15.0 Å². The number of nitrogens with zero attached hydrogens (tertiary/aromatic N) is 1. The maximum atomic E-state index is 5.87. The predicted molar refractivity (Wildman–Crippen MR) is 82.0 cm³/mol. The molecule has 3 rings (SSSR count). The van der Waals surface area contributed by atoms with Crippen LogP contribution in [0.25, 0.3) is 0 Å². The Morgan fingerprint density at radius 1 is 1.15 bits per heavy atom. The standard InChI is InChI=1S/C14H21N4OS/c15-18-16-14(19-12-7-3-1-4-8-12)11-20(17-18)13-9-5-2-6-10-13/h1,3-4,7-8,11,13,16-17H,2,5-6,9-10,15H2/q+1. The Balaban J connectivity index is 1.82. The quantitative estimate of drug-likeness (QED) is 0.590. The Kier molecular flexibility index (Phi) is 4.01. The minimum absolute atomic E-state index is 0.0635. The van der Waals surface area contributed by atoms with Crippen molar-refractivity contribution in [3.05, 3.63) is 35.7 Å². The van der Waals surface area contributed by atoms with Crippen LogP contribution in [0.2, 0.25) is 0 Å². The van der Waals surface area contributed by atoms with E-state index >= 15 is 0 Å². The molecular formula is C14H21N4OS+. The number of aromatic nitrogens is 3. The first kappa shape index (κ1) is 13.2. The lowest BCUT2D eigenvalue weighted by Gasteiger charge is -2.16. The highest BCUT2D eigenvalue weighted by molar-refractivity contribution is 7.25. The summed E-state index contributed by atoms with van der Waals surface area (Å²) in [6.07, 6.45) is 6.51. The minimum atomic E-state index is -0.0635. The third kappa shape index (κ3) is 3.19. The van der Waals surface area contributed by atoms with Gasteiger partial charge < -0.3 is 10.6 Å². The molecule has 1 aliphatic carbocycles. The predicted octanol–water partition coefficient (Wildman–Crippen LogP) is 4.03. The van der Waals surface area contributed by atoms with E-state index in [1.165, 1.54) is 37.0 Å². The first-order valence-electron chi connectivity index (χ1n) is 7.06. The Morgan fingerprint density at radius 3 is 2.65 bits per heavy atom. The second kappa shape index (κ2) is 6.09. The average Bonchev–Trinajstić information content (AvgIpc) is 2.49. The summed E-state index contributed by atoms with van der Waals surface area (Å²) in [6, 6.07) is 9.75.